The van der Waals surface area contributed by atoms with E-state index in [0.717, 1.165) is 24.8 Å². The third kappa shape index (κ3) is 4.02. The molecule has 1 saturated carbocycles. The van der Waals surface area contributed by atoms with Crippen molar-refractivity contribution in [3.05, 3.63) is 29.8 Å². The first-order chi connectivity index (χ1) is 8.69. The van der Waals surface area contributed by atoms with E-state index >= 15 is 0 Å². The molecule has 0 radical (unpaired) electrons. The topological polar surface area (TPSA) is 21.3 Å². The summed E-state index contributed by atoms with van der Waals surface area (Å²) in [5.41, 5.74) is 1.36. The van der Waals surface area contributed by atoms with Crippen LogP contribution in [0.2, 0.25) is 0 Å². The van der Waals surface area contributed by atoms with Crippen LogP contribution in [-0.4, -0.2) is 18.7 Å². The number of nitrogens with one attached hydrogen (secondary N) is 1. The Balaban J connectivity index is 1.89. The third-order valence-corrected chi connectivity index (χ3v) is 3.55. The molecular formula is C16H25NO. The molecule has 1 N–H and O–H groups in total. The van der Waals surface area contributed by atoms with Gasteiger partial charge >= 0.3 is 0 Å². The molecule has 1 aromatic rings. The van der Waals surface area contributed by atoms with Gasteiger partial charge in [0.25, 0.3) is 0 Å². The quantitative estimate of drug-likeness (QED) is 0.797. The van der Waals surface area contributed by atoms with E-state index in [4.69, 9.17) is 4.74 Å². The summed E-state index contributed by atoms with van der Waals surface area (Å²) in [6.45, 7) is 7.57. The Labute approximate surface area is 111 Å². The van der Waals surface area contributed by atoms with E-state index in [1.165, 1.54) is 18.4 Å². The van der Waals surface area contributed by atoms with Crippen molar-refractivity contribution < 1.29 is 4.74 Å². The number of benzene rings is 1. The second kappa shape index (κ2) is 6.24. The number of rotatable bonds is 7. The van der Waals surface area contributed by atoms with Gasteiger partial charge in [-0.2, -0.15) is 0 Å². The fourth-order valence-corrected chi connectivity index (χ4v) is 1.96. The van der Waals surface area contributed by atoms with Crippen molar-refractivity contribution in [3.8, 4) is 5.75 Å². The van der Waals surface area contributed by atoms with Crippen LogP contribution in [-0.2, 0) is 6.42 Å². The highest BCUT2D eigenvalue weighted by Gasteiger charge is 2.23. The molecule has 1 aliphatic carbocycles. The first kappa shape index (κ1) is 13.4. The summed E-state index contributed by atoms with van der Waals surface area (Å²) in [7, 11) is 0. The van der Waals surface area contributed by atoms with Crippen molar-refractivity contribution in [1.29, 1.82) is 0 Å². The lowest BCUT2D eigenvalue weighted by molar-refractivity contribution is 0.148. The Kier molecular flexibility index (Phi) is 4.65. The summed E-state index contributed by atoms with van der Waals surface area (Å²) >= 11 is 0. The predicted molar refractivity (Wildman–Crippen MR) is 76.1 cm³/mol. The van der Waals surface area contributed by atoms with Gasteiger partial charge in [0.2, 0.25) is 0 Å². The lowest BCUT2D eigenvalue weighted by atomic mass is 10.1. The number of hydrogen-bond acceptors (Lipinski definition) is 2. The zero-order valence-corrected chi connectivity index (χ0v) is 11.8. The molecule has 1 fully saturated rings. The van der Waals surface area contributed by atoms with Crippen molar-refractivity contribution in [2.24, 2.45) is 5.92 Å². The van der Waals surface area contributed by atoms with Crippen LogP contribution >= 0.6 is 0 Å². The van der Waals surface area contributed by atoms with Crippen molar-refractivity contribution in [1.82, 2.24) is 5.32 Å². The van der Waals surface area contributed by atoms with Crippen molar-refractivity contribution in [3.63, 3.8) is 0 Å². The molecule has 0 aliphatic heterocycles. The van der Waals surface area contributed by atoms with Crippen LogP contribution in [0.4, 0.5) is 0 Å². The summed E-state index contributed by atoms with van der Waals surface area (Å²) in [5.74, 6) is 1.52. The highest BCUT2D eigenvalue weighted by molar-refractivity contribution is 5.27. The van der Waals surface area contributed by atoms with E-state index in [2.05, 4.69) is 50.4 Å². The largest absolute Gasteiger partial charge is 0.489 e. The predicted octanol–water partition coefficient (Wildman–Crippen LogP) is 3.40. The Bertz CT molecular complexity index is 354. The average Bonchev–Trinajstić information content (AvgIpc) is 3.19. The molecule has 1 aromatic carbocycles. The average molecular weight is 247 g/mol. The van der Waals surface area contributed by atoms with E-state index in [1.54, 1.807) is 0 Å². The van der Waals surface area contributed by atoms with Gasteiger partial charge in [-0.15, -0.1) is 0 Å². The maximum Gasteiger partial charge on any atom is 0.119 e. The molecule has 0 spiro atoms. The van der Waals surface area contributed by atoms with Crippen LogP contribution in [0.1, 0.15) is 39.2 Å². The lowest BCUT2D eigenvalue weighted by Gasteiger charge is -2.23. The minimum atomic E-state index is 0.262. The molecule has 1 aliphatic rings. The van der Waals surface area contributed by atoms with E-state index in [0.29, 0.717) is 5.92 Å². The molecule has 0 bridgehead atoms. The van der Waals surface area contributed by atoms with Gasteiger partial charge in [-0.1, -0.05) is 32.9 Å². The van der Waals surface area contributed by atoms with E-state index in [9.17, 15) is 0 Å². The number of aryl methyl sites for hydroxylation is 1. The second-order valence-electron chi connectivity index (χ2n) is 5.58. The van der Waals surface area contributed by atoms with Crippen molar-refractivity contribution in [2.75, 3.05) is 6.54 Å². The van der Waals surface area contributed by atoms with Gasteiger partial charge in [0.1, 0.15) is 11.9 Å². The molecule has 1 unspecified atom stereocenters. The normalized spacial score (nSPS) is 16.9. The first-order valence-corrected chi connectivity index (χ1v) is 7.18. The molecular weight excluding hydrogens is 222 g/mol. The van der Waals surface area contributed by atoms with Gasteiger partial charge < -0.3 is 10.1 Å². The standard InChI is InChI=1S/C16H25NO/c1-4-13-5-9-15(10-6-13)18-16(12(2)3)11-17-14-7-8-14/h5-6,9-10,12,14,16-17H,4,7-8,11H2,1-3H3. The molecule has 1 atom stereocenters. The summed E-state index contributed by atoms with van der Waals surface area (Å²) in [6, 6.07) is 9.23. The minimum Gasteiger partial charge on any atom is -0.489 e. The van der Waals surface area contributed by atoms with Gasteiger partial charge in [0.15, 0.2) is 0 Å². The highest BCUT2D eigenvalue weighted by atomic mass is 16.5. The molecule has 0 heterocycles. The molecule has 0 amide bonds. The Morgan fingerprint density at radius 3 is 2.39 bits per heavy atom. The van der Waals surface area contributed by atoms with E-state index in [1.807, 2.05) is 0 Å². The Hall–Kier alpha value is -1.02. The number of hydrogen-bond donors (Lipinski definition) is 1. The lowest BCUT2D eigenvalue weighted by Crippen LogP contribution is -2.36. The zero-order chi connectivity index (χ0) is 13.0. The maximum absolute atomic E-state index is 6.09. The van der Waals surface area contributed by atoms with Crippen LogP contribution in [0.25, 0.3) is 0 Å². The third-order valence-electron chi connectivity index (χ3n) is 3.55. The molecule has 2 rings (SSSR count). The molecule has 2 nitrogen and oxygen atoms in total. The van der Waals surface area contributed by atoms with Crippen LogP contribution in [0.15, 0.2) is 24.3 Å². The maximum atomic E-state index is 6.09. The number of ether oxygens (including phenoxy) is 1. The van der Waals surface area contributed by atoms with Gasteiger partial charge in [0.05, 0.1) is 0 Å². The monoisotopic (exact) mass is 247 g/mol. The van der Waals surface area contributed by atoms with Crippen LogP contribution < -0.4 is 10.1 Å². The fourth-order valence-electron chi connectivity index (χ4n) is 1.96. The highest BCUT2D eigenvalue weighted by Crippen LogP contribution is 2.21. The fraction of sp³-hybridized carbons (Fsp3) is 0.625. The summed E-state index contributed by atoms with van der Waals surface area (Å²) in [5, 5.41) is 3.56. The van der Waals surface area contributed by atoms with Crippen molar-refractivity contribution >= 4 is 0 Å². The van der Waals surface area contributed by atoms with Gasteiger partial charge in [-0.3, -0.25) is 0 Å². The summed E-state index contributed by atoms with van der Waals surface area (Å²) in [4.78, 5) is 0. The second-order valence-corrected chi connectivity index (χ2v) is 5.58. The SMILES string of the molecule is CCc1ccc(OC(CNC2CC2)C(C)C)cc1. The van der Waals surface area contributed by atoms with Gasteiger partial charge in [-0.05, 0) is 42.9 Å². The van der Waals surface area contributed by atoms with Gasteiger partial charge in [0, 0.05) is 12.6 Å². The van der Waals surface area contributed by atoms with Crippen molar-refractivity contribution in [2.45, 2.75) is 52.2 Å². The molecule has 18 heavy (non-hydrogen) atoms. The summed E-state index contributed by atoms with van der Waals surface area (Å²) < 4.78 is 6.09. The molecule has 0 saturated heterocycles. The minimum absolute atomic E-state index is 0.262. The van der Waals surface area contributed by atoms with E-state index in [-0.39, 0.29) is 6.10 Å². The molecule has 2 heteroatoms. The molecule has 100 valence electrons. The summed E-state index contributed by atoms with van der Waals surface area (Å²) in [6.07, 6.45) is 4.00. The van der Waals surface area contributed by atoms with E-state index < -0.39 is 0 Å². The zero-order valence-electron chi connectivity index (χ0n) is 11.8. The molecule has 0 aromatic heterocycles. The first-order valence-electron chi connectivity index (χ1n) is 7.18. The Morgan fingerprint density at radius 2 is 1.89 bits per heavy atom. The van der Waals surface area contributed by atoms with Crippen LogP contribution in [0.3, 0.4) is 0 Å². The smallest absolute Gasteiger partial charge is 0.119 e. The Morgan fingerprint density at radius 1 is 1.22 bits per heavy atom. The van der Waals surface area contributed by atoms with Crippen LogP contribution in [0.5, 0.6) is 5.75 Å². The van der Waals surface area contributed by atoms with Gasteiger partial charge in [-0.25, -0.2) is 0 Å². The van der Waals surface area contributed by atoms with Crippen LogP contribution in [0, 0.1) is 5.92 Å².